The SMILES string of the molecule is CCOC1CC(N)(C(=O)NCCOc2ncccc2Cl)C1(C)C. The van der Waals surface area contributed by atoms with E-state index in [-0.39, 0.29) is 18.6 Å². The zero-order valence-electron chi connectivity index (χ0n) is 13.8. The zero-order chi connectivity index (χ0) is 17.1. The third-order valence-electron chi connectivity index (χ3n) is 4.59. The van der Waals surface area contributed by atoms with E-state index >= 15 is 0 Å². The second-order valence-corrected chi connectivity index (χ2v) is 6.64. The van der Waals surface area contributed by atoms with Gasteiger partial charge >= 0.3 is 0 Å². The van der Waals surface area contributed by atoms with Crippen molar-refractivity contribution in [2.45, 2.75) is 38.8 Å². The van der Waals surface area contributed by atoms with E-state index in [1.54, 1.807) is 18.3 Å². The molecule has 0 radical (unpaired) electrons. The van der Waals surface area contributed by atoms with Gasteiger partial charge in [-0.25, -0.2) is 4.98 Å². The summed E-state index contributed by atoms with van der Waals surface area (Å²) in [6, 6.07) is 3.42. The maximum Gasteiger partial charge on any atom is 0.240 e. The smallest absolute Gasteiger partial charge is 0.240 e. The summed E-state index contributed by atoms with van der Waals surface area (Å²) < 4.78 is 11.1. The van der Waals surface area contributed by atoms with Crippen molar-refractivity contribution in [2.24, 2.45) is 11.1 Å². The van der Waals surface area contributed by atoms with E-state index < -0.39 is 11.0 Å². The Balaban J connectivity index is 1.80. The monoisotopic (exact) mass is 341 g/mol. The molecule has 7 heteroatoms. The highest BCUT2D eigenvalue weighted by Gasteiger charge is 2.62. The first-order chi connectivity index (χ1) is 10.8. The summed E-state index contributed by atoms with van der Waals surface area (Å²) in [6.07, 6.45) is 2.12. The summed E-state index contributed by atoms with van der Waals surface area (Å²) >= 11 is 5.94. The molecule has 1 amide bonds. The number of carbonyl (C=O) groups excluding carboxylic acids is 1. The molecule has 0 saturated heterocycles. The minimum atomic E-state index is -0.921. The summed E-state index contributed by atoms with van der Waals surface area (Å²) in [4.78, 5) is 16.4. The lowest BCUT2D eigenvalue weighted by atomic mass is 9.54. The van der Waals surface area contributed by atoms with E-state index in [9.17, 15) is 4.79 Å². The number of amides is 1. The molecule has 1 saturated carbocycles. The molecule has 2 rings (SSSR count). The fraction of sp³-hybridized carbons (Fsp3) is 0.625. The van der Waals surface area contributed by atoms with Gasteiger partial charge < -0.3 is 20.5 Å². The molecule has 128 valence electrons. The lowest BCUT2D eigenvalue weighted by Gasteiger charge is -2.57. The Hall–Kier alpha value is -1.37. The summed E-state index contributed by atoms with van der Waals surface area (Å²) in [5.74, 6) is 0.167. The van der Waals surface area contributed by atoms with Crippen LogP contribution in [0.25, 0.3) is 0 Å². The Morgan fingerprint density at radius 3 is 2.91 bits per heavy atom. The van der Waals surface area contributed by atoms with Crippen molar-refractivity contribution < 1.29 is 14.3 Å². The number of rotatable bonds is 7. The number of halogens is 1. The molecular formula is C16H24ClN3O3. The molecule has 2 atom stereocenters. The number of hydrogen-bond donors (Lipinski definition) is 2. The van der Waals surface area contributed by atoms with Crippen molar-refractivity contribution in [3.63, 3.8) is 0 Å². The zero-order valence-corrected chi connectivity index (χ0v) is 14.5. The van der Waals surface area contributed by atoms with E-state index in [1.807, 2.05) is 20.8 Å². The molecule has 1 fully saturated rings. The van der Waals surface area contributed by atoms with E-state index in [0.29, 0.717) is 30.5 Å². The Morgan fingerprint density at radius 1 is 1.57 bits per heavy atom. The van der Waals surface area contributed by atoms with Crippen LogP contribution < -0.4 is 15.8 Å². The van der Waals surface area contributed by atoms with Gasteiger partial charge in [0.2, 0.25) is 11.8 Å². The first-order valence-electron chi connectivity index (χ1n) is 7.75. The van der Waals surface area contributed by atoms with Crippen molar-refractivity contribution in [3.8, 4) is 5.88 Å². The Morgan fingerprint density at radius 2 is 2.30 bits per heavy atom. The van der Waals surface area contributed by atoms with Crippen LogP contribution in [0.5, 0.6) is 5.88 Å². The van der Waals surface area contributed by atoms with Gasteiger partial charge in [-0.15, -0.1) is 0 Å². The normalized spacial score (nSPS) is 25.5. The molecule has 1 aliphatic carbocycles. The lowest BCUT2D eigenvalue weighted by Crippen LogP contribution is -2.75. The van der Waals surface area contributed by atoms with Crippen molar-refractivity contribution >= 4 is 17.5 Å². The second-order valence-electron chi connectivity index (χ2n) is 6.24. The predicted octanol–water partition coefficient (Wildman–Crippen LogP) is 1.76. The van der Waals surface area contributed by atoms with Gasteiger partial charge in [0, 0.05) is 24.6 Å². The third kappa shape index (κ3) is 3.44. The molecule has 1 aromatic heterocycles. The molecule has 0 bridgehead atoms. The van der Waals surface area contributed by atoms with Gasteiger partial charge in [0.25, 0.3) is 0 Å². The molecular weight excluding hydrogens is 318 g/mol. The topological polar surface area (TPSA) is 86.5 Å². The van der Waals surface area contributed by atoms with E-state index in [0.717, 1.165) is 0 Å². The van der Waals surface area contributed by atoms with Crippen molar-refractivity contribution in [1.29, 1.82) is 0 Å². The van der Waals surface area contributed by atoms with Crippen molar-refractivity contribution in [3.05, 3.63) is 23.4 Å². The van der Waals surface area contributed by atoms with Crippen molar-refractivity contribution in [2.75, 3.05) is 19.8 Å². The maximum atomic E-state index is 12.4. The highest BCUT2D eigenvalue weighted by Crippen LogP contribution is 2.49. The van der Waals surface area contributed by atoms with Crippen LogP contribution >= 0.6 is 11.6 Å². The number of pyridine rings is 1. The number of aromatic nitrogens is 1. The van der Waals surface area contributed by atoms with Gasteiger partial charge in [-0.1, -0.05) is 25.4 Å². The lowest BCUT2D eigenvalue weighted by molar-refractivity contribution is -0.170. The molecule has 1 aliphatic rings. The number of hydrogen-bond acceptors (Lipinski definition) is 5. The predicted molar refractivity (Wildman–Crippen MR) is 88.5 cm³/mol. The van der Waals surface area contributed by atoms with Crippen LogP contribution in [0.2, 0.25) is 5.02 Å². The number of nitrogens with two attached hydrogens (primary N) is 1. The summed E-state index contributed by atoms with van der Waals surface area (Å²) in [5, 5.41) is 3.26. The summed E-state index contributed by atoms with van der Waals surface area (Å²) in [6.45, 7) is 7.08. The van der Waals surface area contributed by atoms with Crippen LogP contribution in [0, 0.1) is 5.41 Å². The van der Waals surface area contributed by atoms with Crippen LogP contribution in [0.15, 0.2) is 18.3 Å². The fourth-order valence-corrected chi connectivity index (χ4v) is 2.94. The Kier molecular flexibility index (Phi) is 5.49. The largest absolute Gasteiger partial charge is 0.475 e. The van der Waals surface area contributed by atoms with E-state index in [4.69, 9.17) is 26.8 Å². The Bertz CT molecular complexity index is 567. The minimum Gasteiger partial charge on any atom is -0.475 e. The second kappa shape index (κ2) is 7.03. The quantitative estimate of drug-likeness (QED) is 0.738. The van der Waals surface area contributed by atoms with Gasteiger partial charge in [0.05, 0.1) is 12.6 Å². The fourth-order valence-electron chi connectivity index (χ4n) is 2.77. The van der Waals surface area contributed by atoms with Gasteiger partial charge in [0.15, 0.2) is 0 Å². The summed E-state index contributed by atoms with van der Waals surface area (Å²) in [5.41, 5.74) is 4.97. The molecule has 0 aliphatic heterocycles. The van der Waals surface area contributed by atoms with E-state index in [2.05, 4.69) is 10.3 Å². The molecule has 1 aromatic rings. The highest BCUT2D eigenvalue weighted by atomic mass is 35.5. The van der Waals surface area contributed by atoms with Crippen molar-refractivity contribution in [1.82, 2.24) is 10.3 Å². The molecule has 2 unspecified atom stereocenters. The summed E-state index contributed by atoms with van der Waals surface area (Å²) in [7, 11) is 0. The highest BCUT2D eigenvalue weighted by molar-refractivity contribution is 6.31. The molecule has 1 heterocycles. The number of ether oxygens (including phenoxy) is 2. The number of carbonyl (C=O) groups is 1. The van der Waals surface area contributed by atoms with Gasteiger partial charge in [0.1, 0.15) is 17.2 Å². The molecule has 0 aromatic carbocycles. The first kappa shape index (κ1) is 18.0. The van der Waals surface area contributed by atoms with Crippen LogP contribution in [0.1, 0.15) is 27.2 Å². The third-order valence-corrected chi connectivity index (χ3v) is 4.87. The maximum absolute atomic E-state index is 12.4. The average molecular weight is 342 g/mol. The minimum absolute atomic E-state index is 0.00632. The molecule has 3 N–H and O–H groups in total. The van der Waals surface area contributed by atoms with Crippen LogP contribution in [0.3, 0.4) is 0 Å². The van der Waals surface area contributed by atoms with Gasteiger partial charge in [-0.05, 0) is 19.1 Å². The number of nitrogens with one attached hydrogen (secondary N) is 1. The van der Waals surface area contributed by atoms with Gasteiger partial charge in [-0.3, -0.25) is 4.79 Å². The standard InChI is InChI=1S/C16H24ClN3O3/c1-4-22-12-10-16(18,15(12,2)3)14(21)20-8-9-23-13-11(17)6-5-7-19-13/h5-7,12H,4,8-10,18H2,1-3H3,(H,20,21). The van der Waals surface area contributed by atoms with Crippen LogP contribution in [0.4, 0.5) is 0 Å². The molecule has 6 nitrogen and oxygen atoms in total. The van der Waals surface area contributed by atoms with Crippen LogP contribution in [-0.2, 0) is 9.53 Å². The Labute approximate surface area is 141 Å². The van der Waals surface area contributed by atoms with Gasteiger partial charge in [-0.2, -0.15) is 0 Å². The van der Waals surface area contributed by atoms with Crippen LogP contribution in [-0.4, -0.2) is 42.3 Å². The molecule has 23 heavy (non-hydrogen) atoms. The average Bonchev–Trinajstić information content (AvgIpc) is 2.52. The first-order valence-corrected chi connectivity index (χ1v) is 8.13. The number of nitrogens with zero attached hydrogens (tertiary/aromatic N) is 1. The van der Waals surface area contributed by atoms with E-state index in [1.165, 1.54) is 0 Å². The molecule has 0 spiro atoms.